The van der Waals surface area contributed by atoms with Crippen LogP contribution in [0, 0.1) is 11.8 Å². The lowest BCUT2D eigenvalue weighted by Crippen LogP contribution is -2.26. The number of nitrogens with zero attached hydrogens (tertiary/aromatic N) is 1. The molecular weight excluding hydrogens is 220 g/mol. The molecule has 1 aromatic heterocycles. The molecule has 2 atom stereocenters. The lowest BCUT2D eigenvalue weighted by Gasteiger charge is -2.20. The predicted molar refractivity (Wildman–Crippen MR) is 69.7 cm³/mol. The van der Waals surface area contributed by atoms with Crippen molar-refractivity contribution in [2.45, 2.75) is 33.7 Å². The first-order valence-corrected chi connectivity index (χ1v) is 6.23. The molecule has 0 amide bonds. The first kappa shape index (κ1) is 13.5. The second-order valence-electron chi connectivity index (χ2n) is 4.77. The van der Waals surface area contributed by atoms with Crippen LogP contribution in [-0.2, 0) is 0 Å². The van der Waals surface area contributed by atoms with Gasteiger partial charge in [-0.25, -0.2) is 4.98 Å². The normalized spacial score (nSPS) is 15.1. The number of nitrogens with one attached hydrogen (secondary N) is 1. The molecule has 0 radical (unpaired) electrons. The minimum Gasteiger partial charge on any atom is -0.310 e. The molecule has 0 bridgehead atoms. The van der Waals surface area contributed by atoms with Crippen LogP contribution >= 0.6 is 11.6 Å². The molecule has 0 aliphatic heterocycles. The Morgan fingerprint density at radius 2 is 1.94 bits per heavy atom. The molecule has 90 valence electrons. The average Bonchev–Trinajstić information content (AvgIpc) is 2.26. The SMILES string of the molecule is CC(NCC(C)C(C)C)c1ccc(Cl)nc1. The van der Waals surface area contributed by atoms with Crippen LogP contribution in [0.2, 0.25) is 5.15 Å². The van der Waals surface area contributed by atoms with Gasteiger partial charge in [0, 0.05) is 12.2 Å². The Morgan fingerprint density at radius 1 is 1.25 bits per heavy atom. The van der Waals surface area contributed by atoms with Gasteiger partial charge in [0.15, 0.2) is 0 Å². The number of halogens is 1. The molecule has 16 heavy (non-hydrogen) atoms. The van der Waals surface area contributed by atoms with E-state index in [4.69, 9.17) is 11.6 Å². The molecule has 1 aromatic rings. The molecule has 3 heteroatoms. The van der Waals surface area contributed by atoms with Crippen LogP contribution in [0.5, 0.6) is 0 Å². The molecule has 1 rings (SSSR count). The van der Waals surface area contributed by atoms with Gasteiger partial charge in [-0.3, -0.25) is 0 Å². The van der Waals surface area contributed by atoms with E-state index in [0.717, 1.165) is 6.54 Å². The molecule has 2 unspecified atom stereocenters. The van der Waals surface area contributed by atoms with Crippen LogP contribution in [0.25, 0.3) is 0 Å². The lowest BCUT2D eigenvalue weighted by molar-refractivity contribution is 0.375. The van der Waals surface area contributed by atoms with Crippen molar-refractivity contribution in [3.63, 3.8) is 0 Å². The average molecular weight is 241 g/mol. The molecule has 0 saturated heterocycles. The summed E-state index contributed by atoms with van der Waals surface area (Å²) in [5, 5.41) is 4.06. The quantitative estimate of drug-likeness (QED) is 0.795. The maximum Gasteiger partial charge on any atom is 0.129 e. The minimum absolute atomic E-state index is 0.325. The van der Waals surface area contributed by atoms with Crippen molar-refractivity contribution in [1.29, 1.82) is 0 Å². The van der Waals surface area contributed by atoms with Crippen molar-refractivity contribution in [3.8, 4) is 0 Å². The van der Waals surface area contributed by atoms with Gasteiger partial charge in [-0.2, -0.15) is 0 Å². The maximum absolute atomic E-state index is 5.75. The first-order chi connectivity index (χ1) is 7.50. The van der Waals surface area contributed by atoms with Crippen molar-refractivity contribution in [2.24, 2.45) is 11.8 Å². The third kappa shape index (κ3) is 4.11. The van der Waals surface area contributed by atoms with Crippen molar-refractivity contribution in [3.05, 3.63) is 29.0 Å². The minimum atomic E-state index is 0.325. The summed E-state index contributed by atoms with van der Waals surface area (Å²) in [7, 11) is 0. The predicted octanol–water partition coefficient (Wildman–Crippen LogP) is 3.68. The van der Waals surface area contributed by atoms with Gasteiger partial charge in [-0.05, 0) is 36.9 Å². The highest BCUT2D eigenvalue weighted by atomic mass is 35.5. The smallest absolute Gasteiger partial charge is 0.129 e. The molecule has 1 N–H and O–H groups in total. The van der Waals surface area contributed by atoms with E-state index < -0.39 is 0 Å². The lowest BCUT2D eigenvalue weighted by atomic mass is 9.97. The zero-order valence-electron chi connectivity index (χ0n) is 10.5. The van der Waals surface area contributed by atoms with Crippen LogP contribution < -0.4 is 5.32 Å². The molecular formula is C13H21ClN2. The molecule has 2 nitrogen and oxygen atoms in total. The summed E-state index contributed by atoms with van der Waals surface area (Å²) in [5.74, 6) is 1.39. The Balaban J connectivity index is 2.46. The molecule has 0 aromatic carbocycles. The van der Waals surface area contributed by atoms with Gasteiger partial charge in [-0.1, -0.05) is 38.4 Å². The summed E-state index contributed by atoms with van der Waals surface area (Å²) in [4.78, 5) is 4.09. The molecule has 0 fully saturated rings. The van der Waals surface area contributed by atoms with Gasteiger partial charge >= 0.3 is 0 Å². The Morgan fingerprint density at radius 3 is 2.44 bits per heavy atom. The largest absolute Gasteiger partial charge is 0.310 e. The van der Waals surface area contributed by atoms with Crippen molar-refractivity contribution >= 4 is 11.6 Å². The second-order valence-corrected chi connectivity index (χ2v) is 5.15. The monoisotopic (exact) mass is 240 g/mol. The zero-order valence-corrected chi connectivity index (χ0v) is 11.3. The van der Waals surface area contributed by atoms with Gasteiger partial charge in [0.2, 0.25) is 0 Å². The molecule has 0 aliphatic carbocycles. The van der Waals surface area contributed by atoms with E-state index in [1.54, 1.807) is 0 Å². The van der Waals surface area contributed by atoms with E-state index in [-0.39, 0.29) is 0 Å². The van der Waals surface area contributed by atoms with Crippen molar-refractivity contribution in [1.82, 2.24) is 10.3 Å². The summed E-state index contributed by atoms with van der Waals surface area (Å²) in [6, 6.07) is 4.18. The summed E-state index contributed by atoms with van der Waals surface area (Å²) in [6.07, 6.45) is 1.83. The van der Waals surface area contributed by atoms with E-state index in [1.165, 1.54) is 5.56 Å². The summed E-state index contributed by atoms with van der Waals surface area (Å²) in [6.45, 7) is 9.95. The number of hydrogen-bond donors (Lipinski definition) is 1. The molecule has 0 spiro atoms. The van der Waals surface area contributed by atoms with E-state index in [2.05, 4.69) is 38.0 Å². The standard InChI is InChI=1S/C13H21ClN2/c1-9(2)10(3)7-15-11(4)12-5-6-13(14)16-8-12/h5-6,8-11,15H,7H2,1-4H3. The van der Waals surface area contributed by atoms with Crippen LogP contribution in [0.15, 0.2) is 18.3 Å². The summed E-state index contributed by atoms with van der Waals surface area (Å²) in [5.41, 5.74) is 1.18. The molecule has 1 heterocycles. The topological polar surface area (TPSA) is 24.9 Å². The highest BCUT2D eigenvalue weighted by molar-refractivity contribution is 6.29. The van der Waals surface area contributed by atoms with Crippen LogP contribution in [0.1, 0.15) is 39.3 Å². The fourth-order valence-corrected chi connectivity index (χ4v) is 1.47. The Bertz CT molecular complexity index is 308. The Kier molecular flexibility index (Phi) is 5.23. The van der Waals surface area contributed by atoms with E-state index in [9.17, 15) is 0 Å². The fraction of sp³-hybridized carbons (Fsp3) is 0.615. The van der Waals surface area contributed by atoms with Crippen LogP contribution in [0.4, 0.5) is 0 Å². The Hall–Kier alpha value is -0.600. The number of hydrogen-bond acceptors (Lipinski definition) is 2. The number of rotatable bonds is 5. The van der Waals surface area contributed by atoms with Gasteiger partial charge in [0.05, 0.1) is 0 Å². The van der Waals surface area contributed by atoms with Crippen LogP contribution in [0.3, 0.4) is 0 Å². The third-order valence-electron chi connectivity index (χ3n) is 3.13. The van der Waals surface area contributed by atoms with E-state index in [0.29, 0.717) is 23.0 Å². The summed E-state index contributed by atoms with van der Waals surface area (Å²) >= 11 is 5.75. The summed E-state index contributed by atoms with van der Waals surface area (Å²) < 4.78 is 0. The highest BCUT2D eigenvalue weighted by Crippen LogP contribution is 2.15. The van der Waals surface area contributed by atoms with Crippen molar-refractivity contribution < 1.29 is 0 Å². The van der Waals surface area contributed by atoms with E-state index >= 15 is 0 Å². The number of pyridine rings is 1. The van der Waals surface area contributed by atoms with E-state index in [1.807, 2.05) is 18.3 Å². The fourth-order valence-electron chi connectivity index (χ4n) is 1.36. The van der Waals surface area contributed by atoms with Gasteiger partial charge in [0.25, 0.3) is 0 Å². The van der Waals surface area contributed by atoms with Gasteiger partial charge in [-0.15, -0.1) is 0 Å². The van der Waals surface area contributed by atoms with Crippen LogP contribution in [-0.4, -0.2) is 11.5 Å². The van der Waals surface area contributed by atoms with Gasteiger partial charge < -0.3 is 5.32 Å². The van der Waals surface area contributed by atoms with Crippen molar-refractivity contribution in [2.75, 3.05) is 6.54 Å². The third-order valence-corrected chi connectivity index (χ3v) is 3.36. The highest BCUT2D eigenvalue weighted by Gasteiger charge is 2.10. The molecule has 0 saturated carbocycles. The second kappa shape index (κ2) is 6.21. The zero-order chi connectivity index (χ0) is 12.1. The maximum atomic E-state index is 5.75. The number of aromatic nitrogens is 1. The first-order valence-electron chi connectivity index (χ1n) is 5.85. The van der Waals surface area contributed by atoms with Gasteiger partial charge in [0.1, 0.15) is 5.15 Å². The molecule has 0 aliphatic rings. The Labute approximate surface area is 103 Å².